The molecule has 0 aliphatic carbocycles. The zero-order valence-electron chi connectivity index (χ0n) is 11.3. The van der Waals surface area contributed by atoms with Gasteiger partial charge in [-0.3, -0.25) is 0 Å². The first-order chi connectivity index (χ1) is 8.26. The summed E-state index contributed by atoms with van der Waals surface area (Å²) in [6.07, 6.45) is 4.63. The van der Waals surface area contributed by atoms with Crippen LogP contribution >= 0.6 is 0 Å². The highest BCUT2D eigenvalue weighted by molar-refractivity contribution is 5.28. The van der Waals surface area contributed by atoms with Crippen molar-refractivity contribution >= 4 is 0 Å². The van der Waals surface area contributed by atoms with E-state index in [-0.39, 0.29) is 0 Å². The number of aryl methyl sites for hydroxylation is 1. The van der Waals surface area contributed by atoms with Gasteiger partial charge < -0.3 is 10.1 Å². The molecule has 1 unspecified atom stereocenters. The Hall–Kier alpha value is -1.02. The number of hydrogen-bond acceptors (Lipinski definition) is 2. The second-order valence-corrected chi connectivity index (χ2v) is 4.53. The molecule has 0 aliphatic rings. The average molecular weight is 235 g/mol. The molecule has 17 heavy (non-hydrogen) atoms. The third kappa shape index (κ3) is 5.73. The van der Waals surface area contributed by atoms with E-state index in [1.54, 1.807) is 0 Å². The Balaban J connectivity index is 2.17. The van der Waals surface area contributed by atoms with Crippen LogP contribution in [0.1, 0.15) is 38.7 Å². The lowest BCUT2D eigenvalue weighted by molar-refractivity contribution is 0.302. The minimum Gasteiger partial charge on any atom is -0.494 e. The Morgan fingerprint density at radius 1 is 1.29 bits per heavy atom. The Labute approximate surface area is 105 Å². The van der Waals surface area contributed by atoms with E-state index in [2.05, 4.69) is 37.4 Å². The van der Waals surface area contributed by atoms with E-state index in [0.29, 0.717) is 6.04 Å². The number of hydrogen-bond donors (Lipinski definition) is 1. The van der Waals surface area contributed by atoms with Crippen molar-refractivity contribution in [2.75, 3.05) is 13.7 Å². The summed E-state index contributed by atoms with van der Waals surface area (Å²) in [6.45, 7) is 5.20. The first kappa shape index (κ1) is 14.0. The lowest BCUT2D eigenvalue weighted by Gasteiger charge is -2.10. The monoisotopic (exact) mass is 235 g/mol. The summed E-state index contributed by atoms with van der Waals surface area (Å²) in [7, 11) is 2.01. The maximum atomic E-state index is 5.74. The van der Waals surface area contributed by atoms with E-state index in [0.717, 1.165) is 25.2 Å². The van der Waals surface area contributed by atoms with Crippen LogP contribution in [-0.2, 0) is 6.42 Å². The standard InChI is InChI=1S/C15H25NO/c1-4-14-9-7-10-15(12-14)17-11-6-5-8-13(2)16-3/h7,9-10,12-13,16H,4-6,8,11H2,1-3H3. The molecule has 1 rings (SSSR count). The van der Waals surface area contributed by atoms with Crippen LogP contribution in [0.5, 0.6) is 5.75 Å². The van der Waals surface area contributed by atoms with E-state index in [1.807, 2.05) is 13.1 Å². The SMILES string of the molecule is CCc1cccc(OCCCCC(C)NC)c1. The smallest absolute Gasteiger partial charge is 0.119 e. The van der Waals surface area contributed by atoms with Gasteiger partial charge in [-0.1, -0.05) is 19.1 Å². The molecule has 0 bridgehead atoms. The minimum atomic E-state index is 0.610. The molecule has 0 radical (unpaired) electrons. The molecule has 0 saturated carbocycles. The van der Waals surface area contributed by atoms with Crippen molar-refractivity contribution in [3.05, 3.63) is 29.8 Å². The largest absolute Gasteiger partial charge is 0.494 e. The predicted octanol–water partition coefficient (Wildman–Crippen LogP) is 3.41. The predicted molar refractivity (Wildman–Crippen MR) is 73.7 cm³/mol. The highest BCUT2D eigenvalue weighted by Crippen LogP contribution is 2.14. The molecular formula is C15H25NO. The van der Waals surface area contributed by atoms with Gasteiger partial charge in [-0.15, -0.1) is 0 Å². The molecule has 1 N–H and O–H groups in total. The van der Waals surface area contributed by atoms with E-state index >= 15 is 0 Å². The molecule has 1 aromatic rings. The lowest BCUT2D eigenvalue weighted by Crippen LogP contribution is -2.20. The summed E-state index contributed by atoms with van der Waals surface area (Å²) in [5.41, 5.74) is 1.34. The lowest BCUT2D eigenvalue weighted by atomic mass is 10.1. The van der Waals surface area contributed by atoms with Crippen molar-refractivity contribution in [2.45, 2.75) is 45.6 Å². The topological polar surface area (TPSA) is 21.3 Å². The molecule has 96 valence electrons. The van der Waals surface area contributed by atoms with Gasteiger partial charge in [0.15, 0.2) is 0 Å². The van der Waals surface area contributed by atoms with Crippen molar-refractivity contribution < 1.29 is 4.74 Å². The summed E-state index contributed by atoms with van der Waals surface area (Å²) in [6, 6.07) is 8.99. The molecule has 1 aromatic carbocycles. The fourth-order valence-electron chi connectivity index (χ4n) is 1.74. The van der Waals surface area contributed by atoms with Crippen LogP contribution in [0.25, 0.3) is 0 Å². The molecular weight excluding hydrogens is 210 g/mol. The van der Waals surface area contributed by atoms with Crippen LogP contribution in [0.15, 0.2) is 24.3 Å². The number of benzene rings is 1. The second-order valence-electron chi connectivity index (χ2n) is 4.53. The van der Waals surface area contributed by atoms with Crippen molar-refractivity contribution in [3.63, 3.8) is 0 Å². The molecule has 2 nitrogen and oxygen atoms in total. The second kappa shape index (κ2) is 8.13. The molecule has 0 spiro atoms. The van der Waals surface area contributed by atoms with E-state index in [9.17, 15) is 0 Å². The molecule has 0 amide bonds. The van der Waals surface area contributed by atoms with Crippen molar-refractivity contribution in [1.82, 2.24) is 5.32 Å². The highest BCUT2D eigenvalue weighted by Gasteiger charge is 1.98. The fourth-order valence-corrected chi connectivity index (χ4v) is 1.74. The van der Waals surface area contributed by atoms with Crippen molar-refractivity contribution in [3.8, 4) is 5.75 Å². The van der Waals surface area contributed by atoms with Crippen LogP contribution in [0.3, 0.4) is 0 Å². The van der Waals surface area contributed by atoms with Gasteiger partial charge in [-0.2, -0.15) is 0 Å². The normalized spacial score (nSPS) is 12.4. The third-order valence-corrected chi connectivity index (χ3v) is 3.10. The molecule has 0 aromatic heterocycles. The summed E-state index contributed by atoms with van der Waals surface area (Å²) in [5.74, 6) is 1.01. The average Bonchev–Trinajstić information content (AvgIpc) is 2.38. The van der Waals surface area contributed by atoms with Crippen LogP contribution in [-0.4, -0.2) is 19.7 Å². The summed E-state index contributed by atoms with van der Waals surface area (Å²) in [5, 5.41) is 3.25. The van der Waals surface area contributed by atoms with Crippen LogP contribution < -0.4 is 10.1 Å². The third-order valence-electron chi connectivity index (χ3n) is 3.10. The van der Waals surface area contributed by atoms with E-state index in [4.69, 9.17) is 4.74 Å². The van der Waals surface area contributed by atoms with Crippen LogP contribution in [0.2, 0.25) is 0 Å². The number of ether oxygens (including phenoxy) is 1. The first-order valence-corrected chi connectivity index (χ1v) is 6.65. The van der Waals surface area contributed by atoms with E-state index in [1.165, 1.54) is 18.4 Å². The van der Waals surface area contributed by atoms with Gasteiger partial charge in [-0.25, -0.2) is 0 Å². The van der Waals surface area contributed by atoms with Gasteiger partial charge in [-0.05, 0) is 57.4 Å². The number of nitrogens with one attached hydrogen (secondary N) is 1. The Kier molecular flexibility index (Phi) is 6.71. The van der Waals surface area contributed by atoms with Gasteiger partial charge in [0.25, 0.3) is 0 Å². The molecule has 0 saturated heterocycles. The van der Waals surface area contributed by atoms with Gasteiger partial charge >= 0.3 is 0 Å². The number of unbranched alkanes of at least 4 members (excludes halogenated alkanes) is 1. The Morgan fingerprint density at radius 2 is 2.12 bits per heavy atom. The highest BCUT2D eigenvalue weighted by atomic mass is 16.5. The minimum absolute atomic E-state index is 0.610. The van der Waals surface area contributed by atoms with Gasteiger partial charge in [0.1, 0.15) is 5.75 Å². The molecule has 0 fully saturated rings. The zero-order chi connectivity index (χ0) is 12.5. The quantitative estimate of drug-likeness (QED) is 0.697. The van der Waals surface area contributed by atoms with Crippen LogP contribution in [0.4, 0.5) is 0 Å². The van der Waals surface area contributed by atoms with Crippen molar-refractivity contribution in [1.29, 1.82) is 0 Å². The summed E-state index contributed by atoms with van der Waals surface area (Å²) in [4.78, 5) is 0. The maximum absolute atomic E-state index is 5.74. The summed E-state index contributed by atoms with van der Waals surface area (Å²) >= 11 is 0. The van der Waals surface area contributed by atoms with E-state index < -0.39 is 0 Å². The molecule has 0 heterocycles. The van der Waals surface area contributed by atoms with Gasteiger partial charge in [0, 0.05) is 6.04 Å². The zero-order valence-corrected chi connectivity index (χ0v) is 11.3. The molecule has 1 atom stereocenters. The number of rotatable bonds is 8. The summed E-state index contributed by atoms with van der Waals surface area (Å²) < 4.78 is 5.74. The molecule has 0 aliphatic heterocycles. The first-order valence-electron chi connectivity index (χ1n) is 6.65. The molecule has 2 heteroatoms. The maximum Gasteiger partial charge on any atom is 0.119 e. The van der Waals surface area contributed by atoms with Crippen molar-refractivity contribution in [2.24, 2.45) is 0 Å². The van der Waals surface area contributed by atoms with Gasteiger partial charge in [0.2, 0.25) is 0 Å². The van der Waals surface area contributed by atoms with Gasteiger partial charge in [0.05, 0.1) is 6.61 Å². The Morgan fingerprint density at radius 3 is 2.82 bits per heavy atom. The Bertz CT molecular complexity index is 312. The van der Waals surface area contributed by atoms with Crippen LogP contribution in [0, 0.1) is 0 Å². The fraction of sp³-hybridized carbons (Fsp3) is 0.600.